The van der Waals surface area contributed by atoms with Gasteiger partial charge in [-0.3, -0.25) is 14.4 Å². The number of carbonyl (C=O) groups is 3. The first-order valence-electron chi connectivity index (χ1n) is 20.6. The number of carbonyl (C=O) groups excluding carboxylic acids is 3. The topological polar surface area (TPSA) is 89.3 Å². The molecule has 0 fully saturated rings. The Hall–Kier alpha value is -5.54. The number of nitrogens with one attached hydrogen (secondary N) is 1. The molecule has 0 aromatic heterocycles. The van der Waals surface area contributed by atoms with Gasteiger partial charge in [0.25, 0.3) is 0 Å². The molecule has 0 saturated carbocycles. The highest BCUT2D eigenvalue weighted by molar-refractivity contribution is 5.98. The minimum Gasteiger partial charge on any atom is -0.352 e. The average molecular weight is 1010 g/mol. The second kappa shape index (κ2) is 21.2. The third-order valence-corrected chi connectivity index (χ3v) is 11.3. The zero-order chi connectivity index (χ0) is 53.0. The molecule has 3 N–H and O–H groups in total. The Balaban J connectivity index is 0.000000373. The lowest BCUT2D eigenvalue weighted by Crippen LogP contribution is -2.50. The van der Waals surface area contributed by atoms with E-state index in [9.17, 15) is 89.0 Å². The van der Waals surface area contributed by atoms with Crippen LogP contribution >= 0.6 is 0 Å². The van der Waals surface area contributed by atoms with Gasteiger partial charge in [-0.2, -0.15) is 65.9 Å². The summed E-state index contributed by atoms with van der Waals surface area (Å²) in [6.45, 7) is 8.73. The van der Waals surface area contributed by atoms with Crippen molar-refractivity contribution in [3.8, 4) is 0 Å². The van der Waals surface area contributed by atoms with Crippen LogP contribution in [-0.2, 0) is 54.9 Å². The average Bonchev–Trinajstić information content (AvgIpc) is 3.21. The summed E-state index contributed by atoms with van der Waals surface area (Å²) < 4.78 is 224. The van der Waals surface area contributed by atoms with E-state index in [0.717, 1.165) is 11.1 Å². The van der Waals surface area contributed by atoms with Crippen molar-refractivity contribution in [3.05, 3.63) is 139 Å². The number of hydrogen-bond donors (Lipinski definition) is 2. The molecule has 0 spiro atoms. The lowest BCUT2D eigenvalue weighted by molar-refractivity contribution is -0.349. The van der Waals surface area contributed by atoms with Crippen molar-refractivity contribution in [3.63, 3.8) is 0 Å². The first-order chi connectivity index (χ1) is 31.4. The van der Waals surface area contributed by atoms with Gasteiger partial charge in [-0.15, -0.1) is 0 Å². The molecule has 69 heavy (non-hydrogen) atoms. The van der Waals surface area contributed by atoms with E-state index < -0.39 is 77.9 Å². The molecule has 0 aliphatic carbocycles. The minimum atomic E-state index is -6.27. The maximum atomic E-state index is 14.6. The van der Waals surface area contributed by atoms with E-state index in [1.807, 2.05) is 0 Å². The van der Waals surface area contributed by atoms with Crippen molar-refractivity contribution < 1.29 is 89.0 Å². The second-order valence-electron chi connectivity index (χ2n) is 16.1. The minimum absolute atomic E-state index is 0.0199. The summed E-state index contributed by atoms with van der Waals surface area (Å²) in [5, 5.41) is 2.11. The molecule has 0 aliphatic heterocycles. The Morgan fingerprint density at radius 3 is 1.12 bits per heavy atom. The van der Waals surface area contributed by atoms with Crippen LogP contribution in [-0.4, -0.2) is 48.4 Å². The molecule has 0 aliphatic rings. The standard InChI is InChI=1S/C25H23F10NO2.C22H22F7NO/c1-4-15-9-18(23(29,24(30,31)32)25(33,34)35)8-14(3)19(15)10-20(37)16-5-6-17(13(2)7-16)12-36-21(38)11-22(26,27)28;1-4-14-9-17(20(23,21(24,25)26)22(27,28)29)8-13(3)18(14)10-19(31)15-5-6-16(11-30)12(2)7-15/h5-9H,4,10-12H2,1-3H3,(H,36,38);5-9H,4,10-11,30H2,1-3H3. The van der Waals surface area contributed by atoms with E-state index in [0.29, 0.717) is 41.0 Å². The van der Waals surface area contributed by atoms with Crippen molar-refractivity contribution in [2.45, 2.75) is 129 Å². The van der Waals surface area contributed by atoms with Crippen molar-refractivity contribution >= 4 is 17.5 Å². The molecule has 0 heterocycles. The molecule has 22 heteroatoms. The number of aryl methyl sites for hydroxylation is 6. The lowest BCUT2D eigenvalue weighted by atomic mass is 9.86. The Morgan fingerprint density at radius 2 is 0.826 bits per heavy atom. The summed E-state index contributed by atoms with van der Waals surface area (Å²) in [7, 11) is 0. The third-order valence-electron chi connectivity index (χ3n) is 11.3. The largest absolute Gasteiger partial charge is 0.435 e. The van der Waals surface area contributed by atoms with Crippen LogP contribution in [0.1, 0.15) is 108 Å². The van der Waals surface area contributed by atoms with Crippen LogP contribution in [0.15, 0.2) is 60.7 Å². The quantitative estimate of drug-likeness (QED) is 0.0973. The predicted molar refractivity (Wildman–Crippen MR) is 220 cm³/mol. The van der Waals surface area contributed by atoms with E-state index in [4.69, 9.17) is 5.73 Å². The Labute approximate surface area is 384 Å². The molecule has 4 rings (SSSR count). The van der Waals surface area contributed by atoms with Crippen LogP contribution in [0.4, 0.5) is 74.6 Å². The molecule has 0 saturated heterocycles. The van der Waals surface area contributed by atoms with E-state index >= 15 is 0 Å². The zero-order valence-corrected chi connectivity index (χ0v) is 37.5. The van der Waals surface area contributed by atoms with Crippen molar-refractivity contribution in [2.75, 3.05) is 0 Å². The van der Waals surface area contributed by atoms with Crippen LogP contribution in [0.3, 0.4) is 0 Å². The highest BCUT2D eigenvalue weighted by Crippen LogP contribution is 2.55. The molecule has 5 nitrogen and oxygen atoms in total. The van der Waals surface area contributed by atoms with Crippen molar-refractivity contribution in [1.82, 2.24) is 5.32 Å². The van der Waals surface area contributed by atoms with Crippen LogP contribution < -0.4 is 11.1 Å². The van der Waals surface area contributed by atoms with Gasteiger partial charge in [-0.25, -0.2) is 8.78 Å². The fourth-order valence-corrected chi connectivity index (χ4v) is 7.42. The number of ketones is 2. The molecule has 0 bridgehead atoms. The number of amides is 1. The Kier molecular flexibility index (Phi) is 17.8. The molecule has 4 aromatic carbocycles. The predicted octanol–water partition coefficient (Wildman–Crippen LogP) is 13.2. The van der Waals surface area contributed by atoms with Gasteiger partial charge in [0.05, 0.1) is 0 Å². The smallest absolute Gasteiger partial charge is 0.352 e. The molecule has 0 unspecified atom stereocenters. The fraction of sp³-hybridized carbons (Fsp3) is 0.426. The van der Waals surface area contributed by atoms with Crippen LogP contribution in [0, 0.1) is 27.7 Å². The maximum absolute atomic E-state index is 14.6. The van der Waals surface area contributed by atoms with Crippen LogP contribution in [0.2, 0.25) is 0 Å². The van der Waals surface area contributed by atoms with Gasteiger partial charge in [0, 0.05) is 48.2 Å². The normalized spacial score (nSPS) is 12.9. The van der Waals surface area contributed by atoms with Gasteiger partial charge in [0.1, 0.15) is 6.42 Å². The van der Waals surface area contributed by atoms with Gasteiger partial charge in [-0.1, -0.05) is 62.4 Å². The molecule has 380 valence electrons. The van der Waals surface area contributed by atoms with E-state index in [1.165, 1.54) is 52.8 Å². The summed E-state index contributed by atoms with van der Waals surface area (Å²) in [4.78, 5) is 37.0. The number of rotatable bonds is 14. The summed E-state index contributed by atoms with van der Waals surface area (Å²) in [5.74, 6) is -2.16. The van der Waals surface area contributed by atoms with Crippen molar-refractivity contribution in [1.29, 1.82) is 0 Å². The number of hydrogen-bond acceptors (Lipinski definition) is 4. The molecular formula is C47H45F17N2O3. The number of nitrogens with two attached hydrogens (primary N) is 1. The third kappa shape index (κ3) is 13.0. The monoisotopic (exact) mass is 1010 g/mol. The van der Waals surface area contributed by atoms with Gasteiger partial charge < -0.3 is 11.1 Å². The number of Topliss-reactive ketones (excluding diaryl/α,β-unsaturated/α-hetero) is 2. The van der Waals surface area contributed by atoms with Gasteiger partial charge in [0.15, 0.2) is 11.6 Å². The van der Waals surface area contributed by atoms with Crippen LogP contribution in [0.25, 0.3) is 0 Å². The highest BCUT2D eigenvalue weighted by Gasteiger charge is 2.74. The first-order valence-corrected chi connectivity index (χ1v) is 20.6. The SMILES string of the molecule is CCc1cc(C(F)(C(F)(F)F)C(F)(F)F)cc(C)c1CC(=O)c1ccc(CN)c(C)c1.CCc1cc(C(F)(C(F)(F)F)C(F)(F)F)cc(C)c1CC(=O)c1ccc(CNC(=O)CC(F)(F)F)c(C)c1. The summed E-state index contributed by atoms with van der Waals surface area (Å²) in [6, 6.07) is 11.0. The summed E-state index contributed by atoms with van der Waals surface area (Å²) in [6.07, 6.45) is -32.0. The van der Waals surface area contributed by atoms with Gasteiger partial charge in [0.2, 0.25) is 5.91 Å². The maximum Gasteiger partial charge on any atom is 0.435 e. The van der Waals surface area contributed by atoms with Gasteiger partial charge >= 0.3 is 42.2 Å². The van der Waals surface area contributed by atoms with Crippen molar-refractivity contribution in [2.24, 2.45) is 5.73 Å². The zero-order valence-electron chi connectivity index (χ0n) is 37.5. The second-order valence-corrected chi connectivity index (χ2v) is 16.1. The molecule has 4 aromatic rings. The van der Waals surface area contributed by atoms with E-state index in [2.05, 4.69) is 5.32 Å². The highest BCUT2D eigenvalue weighted by atomic mass is 19.4. The molecule has 1 amide bonds. The first kappa shape index (κ1) is 57.8. The molecule has 0 atom stereocenters. The summed E-state index contributed by atoms with van der Waals surface area (Å²) >= 11 is 0. The van der Waals surface area contributed by atoms with E-state index in [1.54, 1.807) is 25.1 Å². The Bertz CT molecular complexity index is 2490. The molecule has 0 radical (unpaired) electrons. The van der Waals surface area contributed by atoms with E-state index in [-0.39, 0.29) is 77.1 Å². The van der Waals surface area contributed by atoms with Gasteiger partial charge in [-0.05, 0) is 108 Å². The fourth-order valence-electron chi connectivity index (χ4n) is 7.42. The molecular weight excluding hydrogens is 963 g/mol. The van der Waals surface area contributed by atoms with Crippen LogP contribution in [0.5, 0.6) is 0 Å². The number of benzene rings is 4. The number of halogens is 17. The number of alkyl halides is 17. The lowest BCUT2D eigenvalue weighted by Gasteiger charge is -2.31. The Morgan fingerprint density at radius 1 is 0.478 bits per heavy atom. The summed E-state index contributed by atoms with van der Waals surface area (Å²) in [5.41, 5.74) is -5.48.